The van der Waals surface area contributed by atoms with Crippen molar-refractivity contribution < 1.29 is 22.7 Å². The molecular weight excluding hydrogens is 472 g/mol. The Hall–Kier alpha value is -3.57. The van der Waals surface area contributed by atoms with Crippen LogP contribution in [0, 0.1) is 10.1 Å². The fourth-order valence-corrected chi connectivity index (χ4v) is 4.92. The number of anilines is 1. The predicted octanol–water partition coefficient (Wildman–Crippen LogP) is 3.45. The van der Waals surface area contributed by atoms with Gasteiger partial charge >= 0.3 is 0 Å². The van der Waals surface area contributed by atoms with E-state index in [0.717, 1.165) is 43.5 Å². The number of pyridine rings is 1. The summed E-state index contributed by atoms with van der Waals surface area (Å²) in [6.45, 7) is 1.83. The zero-order valence-electron chi connectivity index (χ0n) is 19.0. The summed E-state index contributed by atoms with van der Waals surface area (Å²) in [4.78, 5) is 30.6. The maximum atomic E-state index is 11.4. The Morgan fingerprint density at radius 2 is 1.86 bits per heavy atom. The van der Waals surface area contributed by atoms with Gasteiger partial charge in [-0.2, -0.15) is 8.42 Å². The van der Waals surface area contributed by atoms with E-state index < -0.39 is 15.0 Å². The molecule has 1 unspecified atom stereocenters. The van der Waals surface area contributed by atoms with Crippen LogP contribution in [0.4, 0.5) is 11.5 Å². The van der Waals surface area contributed by atoms with Crippen molar-refractivity contribution in [3.63, 3.8) is 0 Å². The second-order valence-electron chi connectivity index (χ2n) is 8.62. The van der Waals surface area contributed by atoms with E-state index in [1.54, 1.807) is 23.1 Å². The second-order valence-corrected chi connectivity index (χ2v) is 10.0. The Balaban J connectivity index is 1.42. The first-order valence-electron chi connectivity index (χ1n) is 11.3. The molecule has 1 fully saturated rings. The van der Waals surface area contributed by atoms with Crippen molar-refractivity contribution >= 4 is 38.9 Å². The number of rotatable bonds is 9. The van der Waals surface area contributed by atoms with Gasteiger partial charge < -0.3 is 9.80 Å². The molecule has 1 aliphatic rings. The van der Waals surface area contributed by atoms with E-state index in [2.05, 4.69) is 4.90 Å². The summed E-state index contributed by atoms with van der Waals surface area (Å²) in [7, 11) is -4.19. The Labute approximate surface area is 203 Å². The fraction of sp³-hybridized carbons (Fsp3) is 0.333. The van der Waals surface area contributed by atoms with Gasteiger partial charge in [-0.15, -0.1) is 0 Å². The van der Waals surface area contributed by atoms with Crippen molar-refractivity contribution in [2.24, 2.45) is 0 Å². The second kappa shape index (κ2) is 10.4. The quantitative estimate of drug-likeness (QED) is 0.156. The summed E-state index contributed by atoms with van der Waals surface area (Å²) >= 11 is 0. The molecule has 3 aromatic rings. The predicted molar refractivity (Wildman–Crippen MR) is 131 cm³/mol. The Bertz CT molecular complexity index is 1330. The Morgan fingerprint density at radius 1 is 1.09 bits per heavy atom. The molecule has 1 amide bonds. The van der Waals surface area contributed by atoms with Crippen LogP contribution in [0.25, 0.3) is 10.9 Å². The lowest BCUT2D eigenvalue weighted by atomic mass is 10.0. The number of carbonyl (C=O) groups is 1. The van der Waals surface area contributed by atoms with Gasteiger partial charge in [0.2, 0.25) is 6.41 Å². The molecule has 1 atom stereocenters. The Kier molecular flexibility index (Phi) is 7.27. The highest BCUT2D eigenvalue weighted by atomic mass is 32.2. The van der Waals surface area contributed by atoms with Crippen molar-refractivity contribution in [2.75, 3.05) is 24.5 Å². The number of aromatic nitrogens is 1. The van der Waals surface area contributed by atoms with Crippen molar-refractivity contribution in [1.82, 2.24) is 9.88 Å². The zero-order chi connectivity index (χ0) is 25.0. The van der Waals surface area contributed by atoms with E-state index >= 15 is 0 Å². The van der Waals surface area contributed by atoms with Crippen LogP contribution >= 0.6 is 0 Å². The molecule has 35 heavy (non-hydrogen) atoms. The number of carbonyl (C=O) groups excluding carboxylic acids is 1. The maximum Gasteiger partial charge on any atom is 0.294 e. The molecule has 2 heterocycles. The molecule has 0 spiro atoms. The molecule has 1 aliphatic heterocycles. The minimum atomic E-state index is -4.19. The molecule has 0 radical (unpaired) electrons. The van der Waals surface area contributed by atoms with E-state index in [-0.39, 0.29) is 16.6 Å². The van der Waals surface area contributed by atoms with E-state index in [1.165, 1.54) is 24.3 Å². The van der Waals surface area contributed by atoms with Gasteiger partial charge in [-0.3, -0.25) is 19.5 Å². The summed E-state index contributed by atoms with van der Waals surface area (Å²) in [6, 6.07) is 14.6. The van der Waals surface area contributed by atoms with Gasteiger partial charge in [0.1, 0.15) is 5.82 Å². The summed E-state index contributed by atoms with van der Waals surface area (Å²) in [5.41, 5.74) is 1.69. The molecule has 2 aromatic carbocycles. The molecule has 4 rings (SSSR count). The number of hydrogen-bond acceptors (Lipinski definition) is 7. The molecule has 0 saturated carbocycles. The van der Waals surface area contributed by atoms with Gasteiger partial charge in [0, 0.05) is 43.2 Å². The van der Waals surface area contributed by atoms with E-state index in [1.807, 2.05) is 12.1 Å². The van der Waals surface area contributed by atoms with Crippen LogP contribution in [-0.4, -0.2) is 59.9 Å². The lowest BCUT2D eigenvalue weighted by Gasteiger charge is -2.41. The number of piperazine rings is 1. The van der Waals surface area contributed by atoms with Crippen molar-refractivity contribution in [3.05, 3.63) is 70.3 Å². The normalized spacial score (nSPS) is 16.4. The molecule has 1 N–H and O–H groups in total. The number of benzene rings is 2. The number of hydrogen-bond donors (Lipinski definition) is 1. The average molecular weight is 499 g/mol. The number of nitrogens with zero attached hydrogens (tertiary/aromatic N) is 4. The van der Waals surface area contributed by atoms with Gasteiger partial charge in [-0.25, -0.2) is 4.98 Å². The van der Waals surface area contributed by atoms with Gasteiger partial charge in [0.25, 0.3) is 15.8 Å². The third kappa shape index (κ3) is 5.92. The van der Waals surface area contributed by atoms with Crippen molar-refractivity contribution in [1.29, 1.82) is 0 Å². The van der Waals surface area contributed by atoms with Gasteiger partial charge in [-0.05, 0) is 55.2 Å². The Morgan fingerprint density at radius 3 is 2.54 bits per heavy atom. The zero-order valence-corrected chi connectivity index (χ0v) is 19.8. The molecule has 11 heteroatoms. The first kappa shape index (κ1) is 24.6. The van der Waals surface area contributed by atoms with Gasteiger partial charge in [0.15, 0.2) is 0 Å². The average Bonchev–Trinajstić information content (AvgIpc) is 2.85. The highest BCUT2D eigenvalue weighted by Crippen LogP contribution is 2.26. The van der Waals surface area contributed by atoms with Gasteiger partial charge in [0.05, 0.1) is 15.3 Å². The first-order chi connectivity index (χ1) is 16.7. The minimum absolute atomic E-state index is 0.0251. The molecular formula is C24H26N4O6S. The van der Waals surface area contributed by atoms with Crippen LogP contribution in [-0.2, 0) is 21.3 Å². The summed E-state index contributed by atoms with van der Waals surface area (Å²) in [6.07, 6.45) is 4.25. The van der Waals surface area contributed by atoms with E-state index in [4.69, 9.17) is 9.54 Å². The van der Waals surface area contributed by atoms with Crippen LogP contribution in [0.2, 0.25) is 0 Å². The smallest absolute Gasteiger partial charge is 0.294 e. The highest BCUT2D eigenvalue weighted by molar-refractivity contribution is 7.85. The lowest BCUT2D eigenvalue weighted by Crippen LogP contribution is -2.53. The summed E-state index contributed by atoms with van der Waals surface area (Å²) in [5.74, 6) is 0.780. The van der Waals surface area contributed by atoms with Crippen molar-refractivity contribution in [3.8, 4) is 0 Å². The molecule has 10 nitrogen and oxygen atoms in total. The number of nitro benzene ring substituents is 1. The summed E-state index contributed by atoms with van der Waals surface area (Å²) in [5, 5.41) is 11.7. The number of unbranched alkanes of at least 4 members (excludes halogenated alkanes) is 1. The van der Waals surface area contributed by atoms with Crippen LogP contribution in [0.3, 0.4) is 0 Å². The first-order valence-corrected chi connectivity index (χ1v) is 12.8. The van der Waals surface area contributed by atoms with Crippen molar-refractivity contribution in [2.45, 2.75) is 36.6 Å². The third-order valence-corrected chi connectivity index (χ3v) is 7.17. The molecule has 0 aliphatic carbocycles. The number of amides is 1. The number of nitro groups is 1. The molecule has 1 saturated heterocycles. The van der Waals surface area contributed by atoms with Gasteiger partial charge in [-0.1, -0.05) is 18.6 Å². The fourth-order valence-electron chi connectivity index (χ4n) is 4.44. The van der Waals surface area contributed by atoms with E-state index in [0.29, 0.717) is 30.5 Å². The van der Waals surface area contributed by atoms with Crippen LogP contribution in [0.5, 0.6) is 0 Å². The lowest BCUT2D eigenvalue weighted by molar-refractivity contribution is -0.384. The van der Waals surface area contributed by atoms with E-state index in [9.17, 15) is 23.3 Å². The number of non-ortho nitro benzene ring substituents is 1. The molecule has 0 bridgehead atoms. The standard InChI is InChI=1S/C24H26N4O6S/c29-17-26-13-14-27(24-12-7-19-15-20(28(30)31)8-11-23(19)25-24)21(16-26)4-2-1-3-18-5-9-22(10-6-18)35(32,33)34/h5-12,15,17,21H,1-4,13-14,16H2,(H,32,33,34). The maximum absolute atomic E-state index is 11.4. The third-order valence-electron chi connectivity index (χ3n) is 6.30. The number of aryl methyl sites for hydroxylation is 1. The van der Waals surface area contributed by atoms with Crippen LogP contribution in [0.15, 0.2) is 59.5 Å². The number of fused-ring (bicyclic) bond motifs is 1. The monoisotopic (exact) mass is 498 g/mol. The minimum Gasteiger partial charge on any atom is -0.350 e. The molecule has 1 aromatic heterocycles. The molecule has 184 valence electrons. The van der Waals surface area contributed by atoms with Crippen LogP contribution in [0.1, 0.15) is 24.8 Å². The SMILES string of the molecule is O=CN1CCN(c2ccc3cc([N+](=O)[O-])ccc3n2)C(CCCCc2ccc(S(=O)(=O)O)cc2)C1. The summed E-state index contributed by atoms with van der Waals surface area (Å²) < 4.78 is 31.5. The topological polar surface area (TPSA) is 134 Å². The largest absolute Gasteiger partial charge is 0.350 e. The van der Waals surface area contributed by atoms with Crippen LogP contribution < -0.4 is 4.90 Å². The highest BCUT2D eigenvalue weighted by Gasteiger charge is 2.27.